The fourth-order valence-corrected chi connectivity index (χ4v) is 1.02. The monoisotopic (exact) mass is 216 g/mol. The van der Waals surface area contributed by atoms with Crippen molar-refractivity contribution in [1.29, 1.82) is 0 Å². The van der Waals surface area contributed by atoms with Gasteiger partial charge in [-0.1, -0.05) is 13.8 Å². The van der Waals surface area contributed by atoms with E-state index in [1.54, 1.807) is 0 Å². The van der Waals surface area contributed by atoms with Gasteiger partial charge < -0.3 is 15.7 Å². The Labute approximate surface area is 90.2 Å². The molecule has 3 N–H and O–H groups in total. The van der Waals surface area contributed by atoms with Crippen molar-refractivity contribution in [3.05, 3.63) is 0 Å². The highest BCUT2D eigenvalue weighted by molar-refractivity contribution is 5.82. The average molecular weight is 216 g/mol. The molecule has 5 heteroatoms. The molecule has 0 saturated carbocycles. The first-order chi connectivity index (χ1) is 6.93. The van der Waals surface area contributed by atoms with Crippen molar-refractivity contribution in [2.45, 2.75) is 39.7 Å². The van der Waals surface area contributed by atoms with Crippen LogP contribution in [0.2, 0.25) is 0 Å². The first-order valence-electron chi connectivity index (χ1n) is 5.20. The molecule has 0 spiro atoms. The van der Waals surface area contributed by atoms with Crippen LogP contribution in [0.1, 0.15) is 33.6 Å². The van der Waals surface area contributed by atoms with Crippen LogP contribution >= 0.6 is 0 Å². The van der Waals surface area contributed by atoms with Crippen molar-refractivity contribution in [3.63, 3.8) is 0 Å². The van der Waals surface area contributed by atoms with E-state index in [-0.39, 0.29) is 0 Å². The standard InChI is InChI=1S/C10H20N2O3/c1-7(2)5-4-6-11-10(15)12-8(3)9(13)14/h7-8H,4-6H2,1-3H3,(H,13,14)(H2,11,12,15)/t8-/m1/s1. The van der Waals surface area contributed by atoms with E-state index in [1.807, 2.05) is 0 Å². The van der Waals surface area contributed by atoms with E-state index in [4.69, 9.17) is 5.11 Å². The van der Waals surface area contributed by atoms with Crippen LogP contribution < -0.4 is 10.6 Å². The normalized spacial score (nSPS) is 12.3. The maximum atomic E-state index is 11.1. The smallest absolute Gasteiger partial charge is 0.325 e. The van der Waals surface area contributed by atoms with Crippen molar-refractivity contribution < 1.29 is 14.7 Å². The van der Waals surface area contributed by atoms with Gasteiger partial charge in [0.2, 0.25) is 0 Å². The summed E-state index contributed by atoms with van der Waals surface area (Å²) >= 11 is 0. The van der Waals surface area contributed by atoms with E-state index >= 15 is 0 Å². The predicted octanol–water partition coefficient (Wildman–Crippen LogP) is 1.19. The molecule has 0 unspecified atom stereocenters. The van der Waals surface area contributed by atoms with E-state index in [0.29, 0.717) is 12.5 Å². The van der Waals surface area contributed by atoms with Crippen LogP contribution in [0.3, 0.4) is 0 Å². The second-order valence-electron chi connectivity index (χ2n) is 4.00. The topological polar surface area (TPSA) is 78.4 Å². The molecule has 0 rings (SSSR count). The molecular weight excluding hydrogens is 196 g/mol. The number of carboxylic acid groups (broad SMARTS) is 1. The number of carbonyl (C=O) groups excluding carboxylic acids is 1. The lowest BCUT2D eigenvalue weighted by Crippen LogP contribution is -2.44. The summed E-state index contributed by atoms with van der Waals surface area (Å²) in [4.78, 5) is 21.5. The van der Waals surface area contributed by atoms with Gasteiger partial charge in [0, 0.05) is 6.54 Å². The van der Waals surface area contributed by atoms with Crippen LogP contribution in [-0.4, -0.2) is 29.7 Å². The number of amides is 2. The van der Waals surface area contributed by atoms with E-state index in [2.05, 4.69) is 24.5 Å². The third-order valence-corrected chi connectivity index (χ3v) is 1.96. The summed E-state index contributed by atoms with van der Waals surface area (Å²) in [5.74, 6) is -0.417. The van der Waals surface area contributed by atoms with Gasteiger partial charge in [0.15, 0.2) is 0 Å². The molecule has 0 radical (unpaired) electrons. The van der Waals surface area contributed by atoms with Crippen LogP contribution in [0, 0.1) is 5.92 Å². The fraction of sp³-hybridized carbons (Fsp3) is 0.800. The Morgan fingerprint density at radius 3 is 2.33 bits per heavy atom. The third-order valence-electron chi connectivity index (χ3n) is 1.96. The van der Waals surface area contributed by atoms with Crippen LogP contribution in [0.5, 0.6) is 0 Å². The summed E-state index contributed by atoms with van der Waals surface area (Å²) in [5.41, 5.74) is 0. The van der Waals surface area contributed by atoms with E-state index in [0.717, 1.165) is 12.8 Å². The minimum Gasteiger partial charge on any atom is -0.480 e. The number of aliphatic carboxylic acids is 1. The second-order valence-corrected chi connectivity index (χ2v) is 4.00. The van der Waals surface area contributed by atoms with Gasteiger partial charge >= 0.3 is 12.0 Å². The van der Waals surface area contributed by atoms with Gasteiger partial charge in [0.25, 0.3) is 0 Å². The Hall–Kier alpha value is -1.26. The van der Waals surface area contributed by atoms with Crippen LogP contribution in [0.25, 0.3) is 0 Å². The molecule has 0 aliphatic rings. The molecule has 88 valence electrons. The van der Waals surface area contributed by atoms with Crippen LogP contribution in [-0.2, 0) is 4.79 Å². The minimum atomic E-state index is -1.03. The molecule has 0 aliphatic carbocycles. The summed E-state index contributed by atoms with van der Waals surface area (Å²) in [5, 5.41) is 13.5. The number of carbonyl (C=O) groups is 2. The summed E-state index contributed by atoms with van der Waals surface area (Å²) < 4.78 is 0. The third kappa shape index (κ3) is 7.78. The highest BCUT2D eigenvalue weighted by atomic mass is 16.4. The number of rotatable bonds is 6. The number of urea groups is 1. The van der Waals surface area contributed by atoms with Gasteiger partial charge in [-0.05, 0) is 25.7 Å². The Kier molecular flexibility index (Phi) is 6.49. The fourth-order valence-electron chi connectivity index (χ4n) is 1.02. The lowest BCUT2D eigenvalue weighted by molar-refractivity contribution is -0.138. The molecule has 15 heavy (non-hydrogen) atoms. The Bertz CT molecular complexity index is 217. The van der Waals surface area contributed by atoms with Crippen molar-refractivity contribution in [2.75, 3.05) is 6.54 Å². The van der Waals surface area contributed by atoms with Gasteiger partial charge in [-0.25, -0.2) is 4.79 Å². The zero-order valence-corrected chi connectivity index (χ0v) is 9.54. The largest absolute Gasteiger partial charge is 0.480 e. The van der Waals surface area contributed by atoms with Gasteiger partial charge in [0.1, 0.15) is 6.04 Å². The quantitative estimate of drug-likeness (QED) is 0.584. The number of nitrogens with one attached hydrogen (secondary N) is 2. The highest BCUT2D eigenvalue weighted by Crippen LogP contribution is 2.01. The highest BCUT2D eigenvalue weighted by Gasteiger charge is 2.12. The molecule has 0 aromatic carbocycles. The van der Waals surface area contributed by atoms with E-state index in [1.165, 1.54) is 6.92 Å². The lowest BCUT2D eigenvalue weighted by atomic mass is 10.1. The number of hydrogen-bond acceptors (Lipinski definition) is 2. The molecule has 1 atom stereocenters. The predicted molar refractivity (Wildman–Crippen MR) is 57.7 cm³/mol. The van der Waals surface area contributed by atoms with Gasteiger partial charge in [-0.15, -0.1) is 0 Å². The molecule has 0 aliphatic heterocycles. The molecule has 0 aromatic rings. The van der Waals surface area contributed by atoms with E-state index < -0.39 is 18.0 Å². The molecule has 0 aromatic heterocycles. The molecule has 0 saturated heterocycles. The lowest BCUT2D eigenvalue weighted by Gasteiger charge is -2.11. The minimum absolute atomic E-state index is 0.423. The maximum Gasteiger partial charge on any atom is 0.325 e. The zero-order chi connectivity index (χ0) is 11.8. The molecule has 5 nitrogen and oxygen atoms in total. The summed E-state index contributed by atoms with van der Waals surface area (Å²) in [6.07, 6.45) is 1.96. The van der Waals surface area contributed by atoms with Gasteiger partial charge in [0.05, 0.1) is 0 Å². The number of hydrogen-bond donors (Lipinski definition) is 3. The second kappa shape index (κ2) is 7.09. The SMILES string of the molecule is CC(C)CCCNC(=O)N[C@H](C)C(=O)O. The number of carboxylic acids is 1. The first-order valence-corrected chi connectivity index (χ1v) is 5.20. The van der Waals surface area contributed by atoms with Gasteiger partial charge in [-0.2, -0.15) is 0 Å². The van der Waals surface area contributed by atoms with Crippen LogP contribution in [0.4, 0.5) is 4.79 Å². The average Bonchev–Trinajstić information content (AvgIpc) is 2.12. The van der Waals surface area contributed by atoms with Gasteiger partial charge in [-0.3, -0.25) is 4.79 Å². The summed E-state index contributed by atoms with van der Waals surface area (Å²) in [6, 6.07) is -1.27. The molecule has 0 fully saturated rings. The summed E-state index contributed by atoms with van der Waals surface area (Å²) in [7, 11) is 0. The van der Waals surface area contributed by atoms with Crippen molar-refractivity contribution in [1.82, 2.24) is 10.6 Å². The Morgan fingerprint density at radius 1 is 1.27 bits per heavy atom. The van der Waals surface area contributed by atoms with Crippen molar-refractivity contribution in [3.8, 4) is 0 Å². The Balaban J connectivity index is 3.54. The van der Waals surface area contributed by atoms with Crippen molar-refractivity contribution >= 4 is 12.0 Å². The van der Waals surface area contributed by atoms with Crippen LogP contribution in [0.15, 0.2) is 0 Å². The van der Waals surface area contributed by atoms with Crippen molar-refractivity contribution in [2.24, 2.45) is 5.92 Å². The molecule has 0 bridgehead atoms. The maximum absolute atomic E-state index is 11.1. The molecule has 0 heterocycles. The zero-order valence-electron chi connectivity index (χ0n) is 9.54. The Morgan fingerprint density at radius 2 is 1.87 bits per heavy atom. The summed E-state index contributed by atoms with van der Waals surface area (Å²) in [6.45, 7) is 6.24. The first kappa shape index (κ1) is 13.7. The van der Waals surface area contributed by atoms with E-state index in [9.17, 15) is 9.59 Å². The molecule has 2 amide bonds. The molecular formula is C10H20N2O3.